The summed E-state index contributed by atoms with van der Waals surface area (Å²) in [5.74, 6) is 0. The van der Waals surface area contributed by atoms with Gasteiger partial charge < -0.3 is 10.4 Å². The van der Waals surface area contributed by atoms with Gasteiger partial charge in [-0.25, -0.2) is 0 Å². The van der Waals surface area contributed by atoms with Crippen LogP contribution in [0.15, 0.2) is 0 Å². The predicted molar refractivity (Wildman–Crippen MR) is 39.9 cm³/mol. The standard InChI is InChI=1S/C6H13NO.ClH/c1-6(5-8)2-3-7-4-6;/h7-8H,2-5H2,1H3;1H/t6-;/m0./s1. The van der Waals surface area contributed by atoms with E-state index in [1.165, 1.54) is 0 Å². The van der Waals surface area contributed by atoms with Crippen molar-refractivity contribution in [3.63, 3.8) is 0 Å². The van der Waals surface area contributed by atoms with Crippen molar-refractivity contribution in [2.75, 3.05) is 19.7 Å². The van der Waals surface area contributed by atoms with Crippen molar-refractivity contribution in [2.24, 2.45) is 5.41 Å². The topological polar surface area (TPSA) is 32.3 Å². The average Bonchev–Trinajstić information content (AvgIpc) is 2.17. The van der Waals surface area contributed by atoms with Crippen LogP contribution in [0.25, 0.3) is 0 Å². The third-order valence-corrected chi connectivity index (χ3v) is 1.84. The molecule has 1 fully saturated rings. The maximum Gasteiger partial charge on any atom is 0.0497 e. The van der Waals surface area contributed by atoms with Crippen LogP contribution in [0.4, 0.5) is 0 Å². The van der Waals surface area contributed by atoms with Crippen molar-refractivity contribution in [1.82, 2.24) is 5.32 Å². The Morgan fingerprint density at radius 3 is 2.56 bits per heavy atom. The average molecular weight is 152 g/mol. The molecule has 9 heavy (non-hydrogen) atoms. The van der Waals surface area contributed by atoms with Crippen molar-refractivity contribution in [1.29, 1.82) is 0 Å². The SMILES string of the molecule is C[C@]1(CO)CCNC1.Cl. The van der Waals surface area contributed by atoms with Crippen LogP contribution in [0.3, 0.4) is 0 Å². The fraction of sp³-hybridized carbons (Fsp3) is 1.00. The minimum absolute atomic E-state index is 0. The van der Waals surface area contributed by atoms with Gasteiger partial charge in [0.25, 0.3) is 0 Å². The monoisotopic (exact) mass is 151 g/mol. The largest absolute Gasteiger partial charge is 0.396 e. The lowest BCUT2D eigenvalue weighted by Gasteiger charge is -2.17. The highest BCUT2D eigenvalue weighted by molar-refractivity contribution is 5.85. The number of hydrogen-bond acceptors (Lipinski definition) is 2. The Morgan fingerprint density at radius 1 is 1.67 bits per heavy atom. The molecule has 1 aliphatic rings. The Kier molecular flexibility index (Phi) is 3.48. The zero-order valence-electron chi connectivity index (χ0n) is 5.68. The number of nitrogens with one attached hydrogen (secondary N) is 1. The van der Waals surface area contributed by atoms with Crippen molar-refractivity contribution in [3.8, 4) is 0 Å². The van der Waals surface area contributed by atoms with Gasteiger partial charge in [-0.05, 0) is 13.0 Å². The molecule has 0 aromatic heterocycles. The Bertz CT molecular complexity index is 81.1. The Hall–Kier alpha value is 0.210. The van der Waals surface area contributed by atoms with Crippen LogP contribution in [0.2, 0.25) is 0 Å². The van der Waals surface area contributed by atoms with E-state index in [1.807, 2.05) is 0 Å². The smallest absolute Gasteiger partial charge is 0.0497 e. The molecule has 0 aromatic rings. The summed E-state index contributed by atoms with van der Waals surface area (Å²) < 4.78 is 0. The molecule has 2 N–H and O–H groups in total. The highest BCUT2D eigenvalue weighted by Gasteiger charge is 2.26. The number of hydrogen-bond donors (Lipinski definition) is 2. The van der Waals surface area contributed by atoms with Gasteiger partial charge in [0.2, 0.25) is 0 Å². The van der Waals surface area contributed by atoms with Crippen LogP contribution >= 0.6 is 12.4 Å². The highest BCUT2D eigenvalue weighted by Crippen LogP contribution is 2.22. The summed E-state index contributed by atoms with van der Waals surface area (Å²) in [6.45, 7) is 4.47. The molecule has 2 nitrogen and oxygen atoms in total. The highest BCUT2D eigenvalue weighted by atomic mass is 35.5. The minimum atomic E-state index is 0. The summed E-state index contributed by atoms with van der Waals surface area (Å²) in [6.07, 6.45) is 1.11. The molecule has 1 saturated heterocycles. The first-order valence-corrected chi connectivity index (χ1v) is 3.08. The van der Waals surface area contributed by atoms with Crippen LogP contribution in [-0.2, 0) is 0 Å². The Morgan fingerprint density at radius 2 is 2.33 bits per heavy atom. The minimum Gasteiger partial charge on any atom is -0.396 e. The van der Waals surface area contributed by atoms with Crippen LogP contribution in [0.5, 0.6) is 0 Å². The second kappa shape index (κ2) is 3.40. The molecule has 0 radical (unpaired) electrons. The molecule has 0 spiro atoms. The van der Waals surface area contributed by atoms with E-state index in [9.17, 15) is 0 Å². The van der Waals surface area contributed by atoms with Gasteiger partial charge in [0.05, 0.1) is 0 Å². The van der Waals surface area contributed by atoms with Gasteiger partial charge in [-0.15, -0.1) is 12.4 Å². The van der Waals surface area contributed by atoms with Crippen LogP contribution in [0.1, 0.15) is 13.3 Å². The van der Waals surface area contributed by atoms with Crippen LogP contribution in [0, 0.1) is 5.41 Å². The molecule has 1 aliphatic heterocycles. The van der Waals surface area contributed by atoms with Gasteiger partial charge in [-0.2, -0.15) is 0 Å². The normalized spacial score (nSPS) is 34.0. The second-order valence-electron chi connectivity index (χ2n) is 2.90. The molecular formula is C6H14ClNO. The van der Waals surface area contributed by atoms with E-state index in [0.29, 0.717) is 6.61 Å². The van der Waals surface area contributed by atoms with Gasteiger partial charge >= 0.3 is 0 Å². The summed E-state index contributed by atoms with van der Waals surface area (Å²) >= 11 is 0. The fourth-order valence-electron chi connectivity index (χ4n) is 1.00. The zero-order chi connectivity index (χ0) is 6.04. The van der Waals surface area contributed by atoms with E-state index in [-0.39, 0.29) is 17.8 Å². The van der Waals surface area contributed by atoms with Crippen molar-refractivity contribution < 1.29 is 5.11 Å². The number of rotatable bonds is 1. The molecule has 0 aliphatic carbocycles. The molecule has 0 aromatic carbocycles. The van der Waals surface area contributed by atoms with E-state index < -0.39 is 0 Å². The molecule has 0 unspecified atom stereocenters. The molecule has 1 rings (SSSR count). The van der Waals surface area contributed by atoms with E-state index in [0.717, 1.165) is 19.5 Å². The zero-order valence-corrected chi connectivity index (χ0v) is 6.50. The summed E-state index contributed by atoms with van der Waals surface area (Å²) in [5.41, 5.74) is 0.181. The maximum atomic E-state index is 8.79. The number of halogens is 1. The van der Waals surface area contributed by atoms with E-state index >= 15 is 0 Å². The van der Waals surface area contributed by atoms with Crippen molar-refractivity contribution in [2.45, 2.75) is 13.3 Å². The maximum absolute atomic E-state index is 8.79. The van der Waals surface area contributed by atoms with Gasteiger partial charge in [-0.3, -0.25) is 0 Å². The quantitative estimate of drug-likeness (QED) is 0.569. The molecule has 0 saturated carbocycles. The third kappa shape index (κ3) is 2.12. The molecule has 0 bridgehead atoms. The number of aliphatic hydroxyl groups is 1. The van der Waals surface area contributed by atoms with Gasteiger partial charge in [0.15, 0.2) is 0 Å². The fourth-order valence-corrected chi connectivity index (χ4v) is 1.00. The summed E-state index contributed by atoms with van der Waals surface area (Å²) in [7, 11) is 0. The third-order valence-electron chi connectivity index (χ3n) is 1.84. The van der Waals surface area contributed by atoms with Gasteiger partial charge in [0, 0.05) is 18.6 Å². The molecule has 1 atom stereocenters. The summed E-state index contributed by atoms with van der Waals surface area (Å²) in [5, 5.41) is 12.0. The second-order valence-corrected chi connectivity index (χ2v) is 2.90. The van der Waals surface area contributed by atoms with E-state index in [4.69, 9.17) is 5.11 Å². The lowest BCUT2D eigenvalue weighted by Crippen LogP contribution is -2.23. The van der Waals surface area contributed by atoms with Crippen LogP contribution in [-0.4, -0.2) is 24.8 Å². The Labute approximate surface area is 62.1 Å². The molecule has 1 heterocycles. The van der Waals surface area contributed by atoms with E-state index in [2.05, 4.69) is 12.2 Å². The lowest BCUT2D eigenvalue weighted by molar-refractivity contribution is 0.160. The number of aliphatic hydroxyl groups excluding tert-OH is 1. The van der Waals surface area contributed by atoms with Crippen molar-refractivity contribution >= 4 is 12.4 Å². The first-order chi connectivity index (χ1) is 3.77. The lowest BCUT2D eigenvalue weighted by atomic mass is 9.91. The molecule has 0 amide bonds. The van der Waals surface area contributed by atoms with E-state index in [1.54, 1.807) is 0 Å². The Balaban J connectivity index is 0.000000640. The molecule has 3 heteroatoms. The first kappa shape index (κ1) is 9.21. The summed E-state index contributed by atoms with van der Waals surface area (Å²) in [6, 6.07) is 0. The summed E-state index contributed by atoms with van der Waals surface area (Å²) in [4.78, 5) is 0. The first-order valence-electron chi connectivity index (χ1n) is 3.08. The van der Waals surface area contributed by atoms with Crippen LogP contribution < -0.4 is 5.32 Å². The van der Waals surface area contributed by atoms with Gasteiger partial charge in [-0.1, -0.05) is 6.92 Å². The predicted octanol–water partition coefficient (Wildman–Crippen LogP) is 0.400. The molecule has 56 valence electrons. The van der Waals surface area contributed by atoms with Crippen molar-refractivity contribution in [3.05, 3.63) is 0 Å². The van der Waals surface area contributed by atoms with Gasteiger partial charge in [0.1, 0.15) is 0 Å². The molecular weight excluding hydrogens is 138 g/mol.